The van der Waals surface area contributed by atoms with Crippen LogP contribution in [0.15, 0.2) is 59.5 Å². The lowest BCUT2D eigenvalue weighted by Gasteiger charge is -2.31. The number of benzene rings is 2. The van der Waals surface area contributed by atoms with Crippen LogP contribution in [0, 0.1) is 0 Å². The molecule has 0 bridgehead atoms. The zero-order valence-corrected chi connectivity index (χ0v) is 17.6. The molecule has 1 fully saturated rings. The second kappa shape index (κ2) is 9.43. The van der Waals surface area contributed by atoms with Crippen LogP contribution in [0.3, 0.4) is 0 Å². The number of likely N-dealkylation sites (tertiary alicyclic amines) is 1. The van der Waals surface area contributed by atoms with Crippen molar-refractivity contribution in [3.05, 3.63) is 65.2 Å². The summed E-state index contributed by atoms with van der Waals surface area (Å²) in [5.41, 5.74) is 0.782. The van der Waals surface area contributed by atoms with Crippen LogP contribution in [0.1, 0.15) is 18.4 Å². The topological polar surface area (TPSA) is 75.7 Å². The van der Waals surface area contributed by atoms with Gasteiger partial charge in [-0.1, -0.05) is 29.8 Å². The van der Waals surface area contributed by atoms with Gasteiger partial charge in [-0.2, -0.15) is 0 Å². The van der Waals surface area contributed by atoms with Gasteiger partial charge >= 0.3 is 0 Å². The summed E-state index contributed by atoms with van der Waals surface area (Å²) in [5.74, 6) is 0.488. The Balaban J connectivity index is 1.54. The highest BCUT2D eigenvalue weighted by molar-refractivity contribution is 7.89. The molecule has 8 heteroatoms. The van der Waals surface area contributed by atoms with Gasteiger partial charge in [-0.15, -0.1) is 0 Å². The largest absolute Gasteiger partial charge is 0.497 e. The predicted molar refractivity (Wildman–Crippen MR) is 113 cm³/mol. The summed E-state index contributed by atoms with van der Waals surface area (Å²) in [4.78, 5) is 14.3. The van der Waals surface area contributed by atoms with Crippen LogP contribution in [0.2, 0.25) is 5.02 Å². The standard InChI is InChI=1S/C21H23ClN2O4S/c1-28-18-7-9-19(10-8-18)29(26,27)23-17-12-14-24(15-13-17)21(25)11-6-16-4-2-3-5-20(16)22/h2-11,17,23H,12-15H2,1H3/b11-6+. The lowest BCUT2D eigenvalue weighted by molar-refractivity contribution is -0.126. The molecule has 1 N–H and O–H groups in total. The minimum absolute atomic E-state index is 0.110. The molecular formula is C21H23ClN2O4S. The fourth-order valence-corrected chi connectivity index (χ4v) is 4.64. The number of sulfonamides is 1. The van der Waals surface area contributed by atoms with E-state index in [2.05, 4.69) is 4.72 Å². The van der Waals surface area contributed by atoms with Crippen LogP contribution in [-0.4, -0.2) is 45.5 Å². The Bertz CT molecular complexity index is 982. The van der Waals surface area contributed by atoms with Gasteiger partial charge in [0.2, 0.25) is 15.9 Å². The van der Waals surface area contributed by atoms with E-state index in [1.54, 1.807) is 29.2 Å². The van der Waals surface area contributed by atoms with Gasteiger partial charge in [-0.05, 0) is 54.8 Å². The van der Waals surface area contributed by atoms with Gasteiger partial charge in [0.05, 0.1) is 12.0 Å². The number of rotatable bonds is 6. The number of nitrogens with zero attached hydrogens (tertiary/aromatic N) is 1. The molecule has 0 atom stereocenters. The Morgan fingerprint density at radius 2 is 1.79 bits per heavy atom. The van der Waals surface area contributed by atoms with Crippen molar-refractivity contribution in [2.75, 3.05) is 20.2 Å². The smallest absolute Gasteiger partial charge is 0.246 e. The number of carbonyl (C=O) groups excluding carboxylic acids is 1. The number of amides is 1. The first kappa shape index (κ1) is 21.4. The van der Waals surface area contributed by atoms with Gasteiger partial charge in [-0.3, -0.25) is 4.79 Å². The molecule has 29 heavy (non-hydrogen) atoms. The number of carbonyl (C=O) groups is 1. The van der Waals surface area contributed by atoms with E-state index >= 15 is 0 Å². The average Bonchev–Trinajstić information content (AvgIpc) is 2.73. The zero-order valence-electron chi connectivity index (χ0n) is 16.0. The predicted octanol–water partition coefficient (Wildman–Crippen LogP) is 3.33. The highest BCUT2D eigenvalue weighted by Crippen LogP contribution is 2.19. The minimum atomic E-state index is -3.61. The summed E-state index contributed by atoms with van der Waals surface area (Å²) in [6, 6.07) is 13.3. The third-order valence-electron chi connectivity index (χ3n) is 4.81. The van der Waals surface area contributed by atoms with Crippen molar-refractivity contribution in [3.63, 3.8) is 0 Å². The van der Waals surface area contributed by atoms with E-state index in [-0.39, 0.29) is 16.8 Å². The van der Waals surface area contributed by atoms with Gasteiger partial charge < -0.3 is 9.64 Å². The average molecular weight is 435 g/mol. The Kier molecular flexibility index (Phi) is 6.95. The van der Waals surface area contributed by atoms with Crippen LogP contribution in [-0.2, 0) is 14.8 Å². The molecule has 0 saturated carbocycles. The second-order valence-electron chi connectivity index (χ2n) is 6.75. The van der Waals surface area contributed by atoms with Crippen molar-refractivity contribution >= 4 is 33.6 Å². The summed E-state index contributed by atoms with van der Waals surface area (Å²) in [7, 11) is -2.08. The Hall–Kier alpha value is -2.35. The molecule has 1 aliphatic heterocycles. The number of halogens is 1. The van der Waals surface area contributed by atoms with E-state index in [0.717, 1.165) is 5.56 Å². The van der Waals surface area contributed by atoms with E-state index in [0.29, 0.717) is 36.7 Å². The normalized spacial score (nSPS) is 15.6. The number of hydrogen-bond donors (Lipinski definition) is 1. The summed E-state index contributed by atoms with van der Waals surface area (Å²) in [5, 5.41) is 0.586. The number of ether oxygens (including phenoxy) is 1. The molecule has 6 nitrogen and oxygen atoms in total. The molecule has 1 amide bonds. The third kappa shape index (κ3) is 5.59. The molecule has 3 rings (SSSR count). The fraction of sp³-hybridized carbons (Fsp3) is 0.286. The van der Waals surface area contributed by atoms with Crippen LogP contribution in [0.4, 0.5) is 0 Å². The first-order valence-corrected chi connectivity index (χ1v) is 11.1. The zero-order chi connectivity index (χ0) is 20.9. The molecule has 0 spiro atoms. The quantitative estimate of drug-likeness (QED) is 0.707. The molecule has 2 aromatic rings. The van der Waals surface area contributed by atoms with Gasteiger partial charge in [0.1, 0.15) is 5.75 Å². The molecule has 1 saturated heterocycles. The van der Waals surface area contributed by atoms with E-state index in [4.69, 9.17) is 16.3 Å². The first-order chi connectivity index (χ1) is 13.9. The first-order valence-electron chi connectivity index (χ1n) is 9.27. The van der Waals surface area contributed by atoms with Crippen LogP contribution in [0.25, 0.3) is 6.08 Å². The summed E-state index contributed by atoms with van der Waals surface area (Å²) >= 11 is 6.09. The maximum absolute atomic E-state index is 12.6. The molecule has 0 aliphatic carbocycles. The fourth-order valence-electron chi connectivity index (χ4n) is 3.14. The second-order valence-corrected chi connectivity index (χ2v) is 8.87. The van der Waals surface area contributed by atoms with Crippen LogP contribution in [0.5, 0.6) is 5.75 Å². The Morgan fingerprint density at radius 3 is 2.41 bits per heavy atom. The number of hydrogen-bond acceptors (Lipinski definition) is 4. The lowest BCUT2D eigenvalue weighted by Crippen LogP contribution is -2.46. The van der Waals surface area contributed by atoms with Crippen LogP contribution < -0.4 is 9.46 Å². The molecule has 0 aromatic heterocycles. The third-order valence-corrected chi connectivity index (χ3v) is 6.69. The van der Waals surface area contributed by atoms with Gasteiger partial charge in [0.15, 0.2) is 0 Å². The lowest BCUT2D eigenvalue weighted by atomic mass is 10.1. The van der Waals surface area contributed by atoms with E-state index in [1.165, 1.54) is 25.3 Å². The molecule has 0 radical (unpaired) electrons. The van der Waals surface area contributed by atoms with E-state index < -0.39 is 10.0 Å². The Morgan fingerprint density at radius 1 is 1.14 bits per heavy atom. The summed E-state index contributed by atoms with van der Waals surface area (Å²) in [6.07, 6.45) is 4.31. The summed E-state index contributed by atoms with van der Waals surface area (Å²) in [6.45, 7) is 0.975. The monoisotopic (exact) mass is 434 g/mol. The van der Waals surface area contributed by atoms with Crippen molar-refractivity contribution in [3.8, 4) is 5.75 Å². The van der Waals surface area contributed by atoms with Gasteiger partial charge in [-0.25, -0.2) is 13.1 Å². The molecule has 0 unspecified atom stereocenters. The number of piperidine rings is 1. The van der Waals surface area contributed by atoms with Crippen molar-refractivity contribution in [2.24, 2.45) is 0 Å². The molecular weight excluding hydrogens is 412 g/mol. The van der Waals surface area contributed by atoms with Crippen molar-refractivity contribution < 1.29 is 17.9 Å². The maximum Gasteiger partial charge on any atom is 0.246 e. The van der Waals surface area contributed by atoms with Gasteiger partial charge in [0, 0.05) is 30.2 Å². The minimum Gasteiger partial charge on any atom is -0.497 e. The molecule has 1 heterocycles. The number of nitrogens with one attached hydrogen (secondary N) is 1. The van der Waals surface area contributed by atoms with Crippen molar-refractivity contribution in [2.45, 2.75) is 23.8 Å². The summed E-state index contributed by atoms with van der Waals surface area (Å²) < 4.78 is 32.9. The van der Waals surface area contributed by atoms with Crippen LogP contribution >= 0.6 is 11.6 Å². The van der Waals surface area contributed by atoms with E-state index in [9.17, 15) is 13.2 Å². The molecule has 1 aliphatic rings. The van der Waals surface area contributed by atoms with E-state index in [1.807, 2.05) is 18.2 Å². The Labute approximate surface area is 176 Å². The molecule has 154 valence electrons. The maximum atomic E-state index is 12.6. The van der Waals surface area contributed by atoms with Gasteiger partial charge in [0.25, 0.3) is 0 Å². The number of methoxy groups -OCH3 is 1. The highest BCUT2D eigenvalue weighted by Gasteiger charge is 2.26. The highest BCUT2D eigenvalue weighted by atomic mass is 35.5. The SMILES string of the molecule is COc1ccc(S(=O)(=O)NC2CCN(C(=O)/C=C/c3ccccc3Cl)CC2)cc1. The van der Waals surface area contributed by atoms with Crippen molar-refractivity contribution in [1.82, 2.24) is 9.62 Å². The molecule has 2 aromatic carbocycles. The van der Waals surface area contributed by atoms with Crippen molar-refractivity contribution in [1.29, 1.82) is 0 Å².